The van der Waals surface area contributed by atoms with Gasteiger partial charge in [0.2, 0.25) is 0 Å². The number of rotatable bonds is 3. The minimum Gasteiger partial charge on any atom is -0.506 e. The SMILES string of the molecule is N[C@H](CC1CC1)c1c(F)ccc(Br)c1O. The molecule has 1 atom stereocenters. The first-order valence-corrected chi connectivity index (χ1v) is 5.81. The van der Waals surface area contributed by atoms with E-state index in [9.17, 15) is 9.50 Å². The van der Waals surface area contributed by atoms with Crippen molar-refractivity contribution in [3.05, 3.63) is 28.0 Å². The average Bonchev–Trinajstić information content (AvgIpc) is 2.96. The van der Waals surface area contributed by atoms with Gasteiger partial charge in [0.1, 0.15) is 11.6 Å². The Hall–Kier alpha value is -0.610. The number of phenolic OH excluding ortho intramolecular Hbond substituents is 1. The summed E-state index contributed by atoms with van der Waals surface area (Å²) in [5.74, 6) is 0.116. The highest BCUT2D eigenvalue weighted by atomic mass is 79.9. The van der Waals surface area contributed by atoms with Crippen LogP contribution in [0.1, 0.15) is 30.9 Å². The molecule has 15 heavy (non-hydrogen) atoms. The fourth-order valence-corrected chi connectivity index (χ4v) is 2.09. The summed E-state index contributed by atoms with van der Waals surface area (Å²) in [6.45, 7) is 0. The monoisotopic (exact) mass is 273 g/mol. The molecule has 0 heterocycles. The van der Waals surface area contributed by atoms with E-state index < -0.39 is 11.9 Å². The molecule has 0 amide bonds. The number of halogens is 2. The van der Waals surface area contributed by atoms with Gasteiger partial charge >= 0.3 is 0 Å². The first-order chi connectivity index (χ1) is 7.09. The van der Waals surface area contributed by atoms with Crippen LogP contribution in [0.2, 0.25) is 0 Å². The molecule has 1 aromatic rings. The van der Waals surface area contributed by atoms with E-state index in [1.807, 2.05) is 0 Å². The van der Waals surface area contributed by atoms with E-state index in [2.05, 4.69) is 15.9 Å². The zero-order valence-electron chi connectivity index (χ0n) is 8.21. The Kier molecular flexibility index (Phi) is 2.98. The smallest absolute Gasteiger partial charge is 0.137 e. The standard InChI is InChI=1S/C11H13BrFNO/c12-7-3-4-8(13)10(11(7)15)9(14)5-6-1-2-6/h3-4,6,9,15H,1-2,5,14H2/t9-/m1/s1. The van der Waals surface area contributed by atoms with Crippen LogP contribution in [0.25, 0.3) is 0 Å². The van der Waals surface area contributed by atoms with E-state index in [1.54, 1.807) is 0 Å². The molecule has 1 aromatic carbocycles. The molecule has 3 N–H and O–H groups in total. The number of aromatic hydroxyl groups is 1. The molecule has 2 rings (SSSR count). The van der Waals surface area contributed by atoms with Crippen LogP contribution in [0.4, 0.5) is 4.39 Å². The van der Waals surface area contributed by atoms with Crippen LogP contribution in [-0.4, -0.2) is 5.11 Å². The van der Waals surface area contributed by atoms with Gasteiger partial charge in [-0.25, -0.2) is 4.39 Å². The zero-order chi connectivity index (χ0) is 11.0. The summed E-state index contributed by atoms with van der Waals surface area (Å²) < 4.78 is 14.0. The molecule has 1 fully saturated rings. The molecule has 1 aliphatic carbocycles. The average molecular weight is 274 g/mol. The lowest BCUT2D eigenvalue weighted by Gasteiger charge is -2.14. The maximum Gasteiger partial charge on any atom is 0.137 e. The normalized spacial score (nSPS) is 17.8. The molecule has 1 aliphatic rings. The topological polar surface area (TPSA) is 46.2 Å². The molecule has 0 spiro atoms. The van der Waals surface area contributed by atoms with Gasteiger partial charge in [-0.05, 0) is 40.4 Å². The summed E-state index contributed by atoms with van der Waals surface area (Å²) in [6.07, 6.45) is 3.09. The molecule has 0 aromatic heterocycles. The minimum atomic E-state index is -0.427. The first kappa shape index (κ1) is 10.9. The van der Waals surface area contributed by atoms with Crippen molar-refractivity contribution in [2.75, 3.05) is 0 Å². The Balaban J connectivity index is 2.27. The van der Waals surface area contributed by atoms with E-state index in [-0.39, 0.29) is 11.3 Å². The fraction of sp³-hybridized carbons (Fsp3) is 0.455. The quantitative estimate of drug-likeness (QED) is 0.889. The number of phenols is 1. The highest BCUT2D eigenvalue weighted by Gasteiger charge is 2.27. The number of hydrogen-bond donors (Lipinski definition) is 2. The van der Waals surface area contributed by atoms with Crippen LogP contribution >= 0.6 is 15.9 Å². The van der Waals surface area contributed by atoms with Crippen LogP contribution in [0.5, 0.6) is 5.75 Å². The van der Waals surface area contributed by atoms with Crippen molar-refractivity contribution in [3.8, 4) is 5.75 Å². The predicted octanol–water partition coefficient (Wildman–Crippen LogP) is 3.09. The second kappa shape index (κ2) is 4.10. The van der Waals surface area contributed by atoms with Gasteiger partial charge in [-0.1, -0.05) is 12.8 Å². The maximum atomic E-state index is 13.5. The van der Waals surface area contributed by atoms with Crippen LogP contribution in [0, 0.1) is 11.7 Å². The molecule has 0 unspecified atom stereocenters. The van der Waals surface area contributed by atoms with Crippen molar-refractivity contribution in [1.82, 2.24) is 0 Å². The number of benzene rings is 1. The van der Waals surface area contributed by atoms with Gasteiger partial charge in [-0.2, -0.15) is 0 Å². The predicted molar refractivity (Wildman–Crippen MR) is 60.0 cm³/mol. The molecule has 82 valence electrons. The molecule has 0 aliphatic heterocycles. The molecule has 0 bridgehead atoms. The van der Waals surface area contributed by atoms with Gasteiger partial charge in [0.05, 0.1) is 4.47 Å². The van der Waals surface area contributed by atoms with E-state index >= 15 is 0 Å². The summed E-state index contributed by atoms with van der Waals surface area (Å²) in [4.78, 5) is 0. The minimum absolute atomic E-state index is 0.0665. The van der Waals surface area contributed by atoms with Gasteiger partial charge < -0.3 is 10.8 Å². The molecule has 1 saturated carbocycles. The van der Waals surface area contributed by atoms with Crippen molar-refractivity contribution in [1.29, 1.82) is 0 Å². The maximum absolute atomic E-state index is 13.5. The van der Waals surface area contributed by atoms with Crippen molar-refractivity contribution in [2.45, 2.75) is 25.3 Å². The lowest BCUT2D eigenvalue weighted by molar-refractivity contribution is 0.438. The van der Waals surface area contributed by atoms with Crippen LogP contribution < -0.4 is 5.73 Å². The second-order valence-electron chi connectivity index (χ2n) is 4.08. The highest BCUT2D eigenvalue weighted by molar-refractivity contribution is 9.10. The van der Waals surface area contributed by atoms with Gasteiger partial charge in [-0.15, -0.1) is 0 Å². The Morgan fingerprint density at radius 3 is 2.80 bits per heavy atom. The first-order valence-electron chi connectivity index (χ1n) is 5.02. The highest BCUT2D eigenvalue weighted by Crippen LogP contribution is 2.40. The van der Waals surface area contributed by atoms with Crippen molar-refractivity contribution in [2.24, 2.45) is 11.7 Å². The van der Waals surface area contributed by atoms with Gasteiger partial charge in [0.25, 0.3) is 0 Å². The van der Waals surface area contributed by atoms with Gasteiger partial charge in [0, 0.05) is 11.6 Å². The zero-order valence-corrected chi connectivity index (χ0v) is 9.80. The summed E-state index contributed by atoms with van der Waals surface area (Å²) >= 11 is 3.16. The molecular formula is C11H13BrFNO. The van der Waals surface area contributed by atoms with Crippen LogP contribution in [0.15, 0.2) is 16.6 Å². The number of hydrogen-bond acceptors (Lipinski definition) is 2. The van der Waals surface area contributed by atoms with Crippen LogP contribution in [0.3, 0.4) is 0 Å². The van der Waals surface area contributed by atoms with Crippen molar-refractivity contribution < 1.29 is 9.50 Å². The Morgan fingerprint density at radius 1 is 1.53 bits per heavy atom. The molecule has 2 nitrogen and oxygen atoms in total. The van der Waals surface area contributed by atoms with Gasteiger partial charge in [0.15, 0.2) is 0 Å². The van der Waals surface area contributed by atoms with Gasteiger partial charge in [-0.3, -0.25) is 0 Å². The molecular weight excluding hydrogens is 261 g/mol. The lowest BCUT2D eigenvalue weighted by atomic mass is 10.0. The van der Waals surface area contributed by atoms with Crippen molar-refractivity contribution >= 4 is 15.9 Å². The van der Waals surface area contributed by atoms with E-state index in [4.69, 9.17) is 5.73 Å². The number of nitrogens with two attached hydrogens (primary N) is 1. The van der Waals surface area contributed by atoms with Crippen molar-refractivity contribution in [3.63, 3.8) is 0 Å². The fourth-order valence-electron chi connectivity index (χ4n) is 1.74. The third kappa shape index (κ3) is 2.32. The molecule has 0 saturated heterocycles. The summed E-state index contributed by atoms with van der Waals surface area (Å²) in [5, 5.41) is 9.72. The lowest BCUT2D eigenvalue weighted by Crippen LogP contribution is -2.13. The third-order valence-electron chi connectivity index (χ3n) is 2.77. The Morgan fingerprint density at radius 2 is 2.20 bits per heavy atom. The van der Waals surface area contributed by atoms with Crippen LogP contribution in [-0.2, 0) is 0 Å². The van der Waals surface area contributed by atoms with E-state index in [0.29, 0.717) is 10.4 Å². The summed E-state index contributed by atoms with van der Waals surface area (Å²) in [5.41, 5.74) is 6.12. The Labute approximate surface area is 96.4 Å². The summed E-state index contributed by atoms with van der Waals surface area (Å²) in [6, 6.07) is 2.40. The van der Waals surface area contributed by atoms with E-state index in [1.165, 1.54) is 25.0 Å². The second-order valence-corrected chi connectivity index (χ2v) is 4.93. The molecule has 0 radical (unpaired) electrons. The van der Waals surface area contributed by atoms with E-state index in [0.717, 1.165) is 6.42 Å². The summed E-state index contributed by atoms with van der Waals surface area (Å²) in [7, 11) is 0. The molecule has 4 heteroatoms. The third-order valence-corrected chi connectivity index (χ3v) is 3.41. The largest absolute Gasteiger partial charge is 0.506 e. The Bertz CT molecular complexity index is 379.